The van der Waals surface area contributed by atoms with Crippen LogP contribution in [-0.2, 0) is 4.79 Å². The van der Waals surface area contributed by atoms with E-state index in [2.05, 4.69) is 62.6 Å². The Bertz CT molecular complexity index is 772. The normalized spacial score (nSPS) is 14.3. The van der Waals surface area contributed by atoms with Crippen molar-refractivity contribution < 1.29 is 9.59 Å². The molecule has 0 aliphatic rings. The number of nitrogens with one attached hydrogen (secondary N) is 2. The van der Waals surface area contributed by atoms with Crippen molar-refractivity contribution in [3.8, 4) is 0 Å². The number of carbonyl (C=O) groups excluding carboxylic acids is 2. The highest BCUT2D eigenvalue weighted by atomic mass is 16.2. The molecule has 0 aromatic heterocycles. The highest BCUT2D eigenvalue weighted by Gasteiger charge is 2.27. The highest BCUT2D eigenvalue weighted by molar-refractivity contribution is 5.96. The third-order valence-electron chi connectivity index (χ3n) is 5.13. The lowest BCUT2D eigenvalue weighted by molar-refractivity contribution is -0.122. The minimum absolute atomic E-state index is 0.0604. The SMILES string of the molecule is CC[C@@H](C)c1ccc([C@@H](N[C@H](C(=O)NC(N)=O)c2ccccc2)C(C)C)cc1. The Morgan fingerprint density at radius 3 is 1.96 bits per heavy atom. The van der Waals surface area contributed by atoms with Gasteiger partial charge in [0.05, 0.1) is 0 Å². The molecule has 0 aliphatic heterocycles. The molecule has 28 heavy (non-hydrogen) atoms. The second-order valence-electron chi connectivity index (χ2n) is 7.56. The van der Waals surface area contributed by atoms with Gasteiger partial charge in [0.2, 0.25) is 5.91 Å². The number of benzene rings is 2. The van der Waals surface area contributed by atoms with Gasteiger partial charge in [0.25, 0.3) is 0 Å². The fourth-order valence-electron chi connectivity index (χ4n) is 3.28. The van der Waals surface area contributed by atoms with Crippen LogP contribution < -0.4 is 16.4 Å². The molecule has 0 unspecified atom stereocenters. The van der Waals surface area contributed by atoms with E-state index in [-0.39, 0.29) is 12.0 Å². The summed E-state index contributed by atoms with van der Waals surface area (Å²) in [6.45, 7) is 8.61. The molecule has 0 heterocycles. The van der Waals surface area contributed by atoms with Crippen molar-refractivity contribution in [3.63, 3.8) is 0 Å². The largest absolute Gasteiger partial charge is 0.351 e. The van der Waals surface area contributed by atoms with Gasteiger partial charge in [0.15, 0.2) is 0 Å². The summed E-state index contributed by atoms with van der Waals surface area (Å²) in [5, 5.41) is 5.64. The zero-order chi connectivity index (χ0) is 20.7. The van der Waals surface area contributed by atoms with Gasteiger partial charge in [-0.05, 0) is 34.9 Å². The van der Waals surface area contributed by atoms with Gasteiger partial charge in [-0.15, -0.1) is 0 Å². The van der Waals surface area contributed by atoms with Crippen molar-refractivity contribution in [2.24, 2.45) is 11.7 Å². The molecule has 2 aromatic carbocycles. The average Bonchev–Trinajstić information content (AvgIpc) is 2.68. The molecule has 2 aromatic rings. The van der Waals surface area contributed by atoms with E-state index in [9.17, 15) is 9.59 Å². The molecule has 5 nitrogen and oxygen atoms in total. The van der Waals surface area contributed by atoms with E-state index in [0.717, 1.165) is 17.5 Å². The molecule has 5 heteroatoms. The number of amides is 3. The van der Waals surface area contributed by atoms with Crippen molar-refractivity contribution in [2.75, 3.05) is 0 Å². The third kappa shape index (κ3) is 5.67. The lowest BCUT2D eigenvalue weighted by Gasteiger charge is -2.28. The first-order valence-corrected chi connectivity index (χ1v) is 9.84. The Balaban J connectivity index is 2.32. The summed E-state index contributed by atoms with van der Waals surface area (Å²) in [4.78, 5) is 23.9. The molecule has 0 aliphatic carbocycles. The Morgan fingerprint density at radius 2 is 1.46 bits per heavy atom. The summed E-state index contributed by atoms with van der Waals surface area (Å²) in [6, 6.07) is 16.3. The van der Waals surface area contributed by atoms with Crippen LogP contribution in [0.25, 0.3) is 0 Å². The molecule has 2 rings (SSSR count). The number of rotatable bonds is 8. The van der Waals surface area contributed by atoms with Gasteiger partial charge >= 0.3 is 6.03 Å². The number of imide groups is 1. The maximum Gasteiger partial charge on any atom is 0.318 e. The Morgan fingerprint density at radius 1 is 0.893 bits per heavy atom. The fraction of sp³-hybridized carbons (Fsp3) is 0.391. The predicted molar refractivity (Wildman–Crippen MR) is 113 cm³/mol. The maximum atomic E-state index is 12.7. The average molecular weight is 382 g/mol. The molecule has 3 atom stereocenters. The van der Waals surface area contributed by atoms with Crippen LogP contribution in [0.3, 0.4) is 0 Å². The number of carbonyl (C=O) groups is 2. The van der Waals surface area contributed by atoms with Crippen LogP contribution in [0.5, 0.6) is 0 Å². The van der Waals surface area contributed by atoms with Crippen molar-refractivity contribution in [2.45, 2.75) is 52.1 Å². The quantitative estimate of drug-likeness (QED) is 0.633. The molecule has 0 spiro atoms. The van der Waals surface area contributed by atoms with Crippen LogP contribution in [0, 0.1) is 5.92 Å². The molecule has 0 fully saturated rings. The summed E-state index contributed by atoms with van der Waals surface area (Å²) in [5.74, 6) is 0.292. The topological polar surface area (TPSA) is 84.2 Å². The van der Waals surface area contributed by atoms with Gasteiger partial charge in [-0.1, -0.05) is 82.3 Å². The molecule has 0 bridgehead atoms. The molecular formula is C23H31N3O2. The smallest absolute Gasteiger partial charge is 0.318 e. The summed E-state index contributed by atoms with van der Waals surface area (Å²) >= 11 is 0. The third-order valence-corrected chi connectivity index (χ3v) is 5.13. The predicted octanol–water partition coefficient (Wildman–Crippen LogP) is 4.42. The van der Waals surface area contributed by atoms with E-state index in [1.54, 1.807) is 0 Å². The summed E-state index contributed by atoms with van der Waals surface area (Å²) in [6.07, 6.45) is 1.09. The van der Waals surface area contributed by atoms with Gasteiger partial charge in [0, 0.05) is 6.04 Å². The van der Waals surface area contributed by atoms with Gasteiger partial charge in [-0.3, -0.25) is 15.4 Å². The second kappa shape index (κ2) is 10.0. The molecule has 0 saturated heterocycles. The van der Waals surface area contributed by atoms with Crippen LogP contribution in [0.1, 0.15) is 68.8 Å². The van der Waals surface area contributed by atoms with Crippen LogP contribution in [0.15, 0.2) is 54.6 Å². The van der Waals surface area contributed by atoms with E-state index < -0.39 is 18.0 Å². The van der Waals surface area contributed by atoms with Crippen molar-refractivity contribution >= 4 is 11.9 Å². The van der Waals surface area contributed by atoms with E-state index in [1.165, 1.54) is 5.56 Å². The lowest BCUT2D eigenvalue weighted by atomic mass is 9.91. The first-order valence-electron chi connectivity index (χ1n) is 9.84. The second-order valence-corrected chi connectivity index (χ2v) is 7.56. The van der Waals surface area contributed by atoms with E-state index in [1.807, 2.05) is 30.3 Å². The van der Waals surface area contributed by atoms with E-state index in [4.69, 9.17) is 5.73 Å². The summed E-state index contributed by atoms with van der Waals surface area (Å²) < 4.78 is 0. The lowest BCUT2D eigenvalue weighted by Crippen LogP contribution is -2.44. The van der Waals surface area contributed by atoms with Crippen LogP contribution >= 0.6 is 0 Å². The fourth-order valence-corrected chi connectivity index (χ4v) is 3.28. The standard InChI is InChI=1S/C23H31N3O2/c1-5-16(4)17-11-13-19(14-12-17)20(15(2)3)25-21(22(27)26-23(24)28)18-9-7-6-8-10-18/h6-16,20-21,25H,5H2,1-4H3,(H3,24,26,27,28)/t16-,20+,21+/m1/s1. The molecule has 0 radical (unpaired) electrons. The summed E-state index contributed by atoms with van der Waals surface area (Å²) in [7, 11) is 0. The molecule has 4 N–H and O–H groups in total. The number of hydrogen-bond donors (Lipinski definition) is 3. The minimum atomic E-state index is -0.855. The van der Waals surface area contributed by atoms with Crippen molar-refractivity contribution in [1.82, 2.24) is 10.6 Å². The van der Waals surface area contributed by atoms with Gasteiger partial charge in [-0.25, -0.2) is 4.79 Å². The van der Waals surface area contributed by atoms with Crippen LogP contribution in [-0.4, -0.2) is 11.9 Å². The first kappa shape index (κ1) is 21.6. The zero-order valence-electron chi connectivity index (χ0n) is 17.1. The Hall–Kier alpha value is -2.66. The molecular weight excluding hydrogens is 350 g/mol. The van der Waals surface area contributed by atoms with Gasteiger partial charge in [-0.2, -0.15) is 0 Å². The van der Waals surface area contributed by atoms with E-state index in [0.29, 0.717) is 5.92 Å². The molecule has 0 saturated carbocycles. The summed E-state index contributed by atoms with van der Waals surface area (Å²) in [5.41, 5.74) is 8.36. The number of primary amides is 1. The monoisotopic (exact) mass is 381 g/mol. The highest BCUT2D eigenvalue weighted by Crippen LogP contribution is 2.28. The van der Waals surface area contributed by atoms with Crippen LogP contribution in [0.4, 0.5) is 4.79 Å². The Kier molecular flexibility index (Phi) is 7.76. The molecule has 150 valence electrons. The van der Waals surface area contributed by atoms with Gasteiger partial charge in [0.1, 0.15) is 6.04 Å². The molecule has 3 amide bonds. The van der Waals surface area contributed by atoms with E-state index >= 15 is 0 Å². The minimum Gasteiger partial charge on any atom is -0.351 e. The van der Waals surface area contributed by atoms with Crippen LogP contribution in [0.2, 0.25) is 0 Å². The van der Waals surface area contributed by atoms with Gasteiger partial charge < -0.3 is 5.73 Å². The number of nitrogens with two attached hydrogens (primary N) is 1. The maximum absolute atomic E-state index is 12.7. The first-order chi connectivity index (χ1) is 13.3. The number of hydrogen-bond acceptors (Lipinski definition) is 3. The van der Waals surface area contributed by atoms with Crippen molar-refractivity contribution in [3.05, 3.63) is 71.3 Å². The Labute approximate surface area is 167 Å². The zero-order valence-corrected chi connectivity index (χ0v) is 17.1. The van der Waals surface area contributed by atoms with Crippen molar-refractivity contribution in [1.29, 1.82) is 0 Å². The number of urea groups is 1.